The molecule has 0 heterocycles. The van der Waals surface area contributed by atoms with E-state index in [4.69, 9.17) is 13.8 Å². The van der Waals surface area contributed by atoms with Crippen molar-refractivity contribution in [2.24, 2.45) is 0 Å². The number of ether oxygens (including phenoxy) is 1. The van der Waals surface area contributed by atoms with Crippen molar-refractivity contribution in [1.29, 1.82) is 0 Å². The van der Waals surface area contributed by atoms with Crippen molar-refractivity contribution in [3.05, 3.63) is 85.1 Å². The van der Waals surface area contributed by atoms with Gasteiger partial charge < -0.3 is 19.4 Å². The molecule has 0 aliphatic carbocycles. The fourth-order valence-electron chi connectivity index (χ4n) is 9.19. The average molecular weight is 1130 g/mol. The van der Waals surface area contributed by atoms with Crippen LogP contribution in [0.3, 0.4) is 0 Å². The van der Waals surface area contributed by atoms with Crippen molar-refractivity contribution in [2.45, 2.75) is 303 Å². The van der Waals surface area contributed by atoms with Gasteiger partial charge in [0.1, 0.15) is 19.3 Å². The van der Waals surface area contributed by atoms with Gasteiger partial charge in [0.2, 0.25) is 5.91 Å². The van der Waals surface area contributed by atoms with E-state index in [1.165, 1.54) is 148 Å². The molecule has 0 aliphatic heterocycles. The van der Waals surface area contributed by atoms with Crippen molar-refractivity contribution < 1.29 is 37.3 Å². The van der Waals surface area contributed by atoms with E-state index in [0.717, 1.165) is 103 Å². The number of phosphoric acid groups is 1. The third-order valence-corrected chi connectivity index (χ3v) is 15.3. The van der Waals surface area contributed by atoms with Gasteiger partial charge in [0, 0.05) is 12.8 Å². The molecule has 0 aliphatic rings. The van der Waals surface area contributed by atoms with Gasteiger partial charge in [0.15, 0.2) is 0 Å². The van der Waals surface area contributed by atoms with E-state index in [1.807, 2.05) is 33.3 Å². The number of nitrogens with zero attached hydrogens (tertiary/aromatic N) is 1. The Hall–Kier alpha value is -2.81. The second-order valence-electron chi connectivity index (χ2n) is 23.3. The van der Waals surface area contributed by atoms with Crippen LogP contribution >= 0.6 is 7.82 Å². The first-order chi connectivity index (χ1) is 38.4. The summed E-state index contributed by atoms with van der Waals surface area (Å²) >= 11 is 0. The molecule has 0 aromatic carbocycles. The first-order valence-electron chi connectivity index (χ1n) is 32.9. The van der Waals surface area contributed by atoms with Gasteiger partial charge in [-0.15, -0.1) is 0 Å². The molecule has 458 valence electrons. The number of carbonyl (C=O) groups excluding carboxylic acids is 2. The highest BCUT2D eigenvalue weighted by atomic mass is 31.2. The van der Waals surface area contributed by atoms with Gasteiger partial charge in [0.25, 0.3) is 0 Å². The molecule has 0 aromatic heterocycles. The van der Waals surface area contributed by atoms with Crippen molar-refractivity contribution in [3.63, 3.8) is 0 Å². The Morgan fingerprint density at radius 2 is 0.772 bits per heavy atom. The highest BCUT2D eigenvalue weighted by Gasteiger charge is 2.30. The van der Waals surface area contributed by atoms with E-state index in [2.05, 4.69) is 99.0 Å². The number of carbonyl (C=O) groups is 2. The van der Waals surface area contributed by atoms with Crippen LogP contribution in [0.2, 0.25) is 0 Å². The predicted octanol–water partition coefficient (Wildman–Crippen LogP) is 20.6. The van der Waals surface area contributed by atoms with E-state index in [0.29, 0.717) is 23.9 Å². The highest BCUT2D eigenvalue weighted by Crippen LogP contribution is 2.43. The zero-order valence-electron chi connectivity index (χ0n) is 52.3. The number of unbranched alkanes of at least 4 members (excludes halogenated alkanes) is 31. The van der Waals surface area contributed by atoms with Crippen LogP contribution in [0.25, 0.3) is 0 Å². The average Bonchev–Trinajstić information content (AvgIpc) is 3.41. The number of hydrogen-bond donors (Lipinski definition) is 2. The molecule has 9 nitrogen and oxygen atoms in total. The lowest BCUT2D eigenvalue weighted by Gasteiger charge is -2.27. The Balaban J connectivity index is 5.24. The van der Waals surface area contributed by atoms with Crippen molar-refractivity contribution in [3.8, 4) is 0 Å². The predicted molar refractivity (Wildman–Crippen MR) is 341 cm³/mol. The van der Waals surface area contributed by atoms with Gasteiger partial charge in [0.05, 0.1) is 33.8 Å². The quantitative estimate of drug-likeness (QED) is 0.0205. The van der Waals surface area contributed by atoms with Crippen molar-refractivity contribution in [1.82, 2.24) is 5.32 Å². The number of esters is 1. The number of allylic oxidation sites excluding steroid dienone is 13. The second-order valence-corrected chi connectivity index (χ2v) is 24.7. The summed E-state index contributed by atoms with van der Waals surface area (Å²) in [5.41, 5.74) is 0. The van der Waals surface area contributed by atoms with Crippen LogP contribution in [0.1, 0.15) is 290 Å². The summed E-state index contributed by atoms with van der Waals surface area (Å²) in [7, 11) is 1.48. The van der Waals surface area contributed by atoms with Crippen molar-refractivity contribution >= 4 is 19.7 Å². The van der Waals surface area contributed by atoms with Crippen molar-refractivity contribution in [2.75, 3.05) is 40.9 Å². The Labute approximate surface area is 488 Å². The van der Waals surface area contributed by atoms with E-state index < -0.39 is 20.0 Å². The molecule has 0 spiro atoms. The summed E-state index contributed by atoms with van der Waals surface area (Å²) in [6.07, 6.45) is 77.2. The van der Waals surface area contributed by atoms with Crippen LogP contribution in [-0.2, 0) is 27.9 Å². The van der Waals surface area contributed by atoms with E-state index in [1.54, 1.807) is 0 Å². The molecule has 0 fully saturated rings. The summed E-state index contributed by atoms with van der Waals surface area (Å²) in [6, 6.07) is -0.864. The lowest BCUT2D eigenvalue weighted by molar-refractivity contribution is -0.870. The molecule has 3 unspecified atom stereocenters. The van der Waals surface area contributed by atoms with Gasteiger partial charge in [-0.1, -0.05) is 254 Å². The minimum absolute atomic E-state index is 0.0326. The zero-order chi connectivity index (χ0) is 57.9. The summed E-state index contributed by atoms with van der Waals surface area (Å²) in [5, 5.41) is 3.06. The van der Waals surface area contributed by atoms with Gasteiger partial charge in [-0.25, -0.2) is 4.57 Å². The molecule has 2 N–H and O–H groups in total. The van der Waals surface area contributed by atoms with E-state index >= 15 is 0 Å². The SMILES string of the molecule is CCCCC/C=C\C/C=C\C/C=C\CCCCCCCCCCCCC(=O)NC(COP(=O)(O)OCC[N+](C)(C)C)C(/C=C\CCCCCCCCCCCCC)OC(=O)CCCCCC/C=C\C/C=C\C/C=C\CCCCC. The molecular weight excluding hydrogens is 1000 g/mol. The van der Waals surface area contributed by atoms with Crippen LogP contribution in [-0.4, -0.2) is 74.3 Å². The Kier molecular flexibility index (Phi) is 56.3. The van der Waals surface area contributed by atoms with Crippen LogP contribution in [0.5, 0.6) is 0 Å². The number of rotatable bonds is 59. The summed E-state index contributed by atoms with van der Waals surface area (Å²) < 4.78 is 30.7. The van der Waals surface area contributed by atoms with Crippen LogP contribution in [0, 0.1) is 0 Å². The number of likely N-dealkylation sites (N-methyl/N-ethyl adjacent to an activating group) is 1. The summed E-state index contributed by atoms with van der Waals surface area (Å²) in [5.74, 6) is -0.532. The van der Waals surface area contributed by atoms with Crippen LogP contribution in [0.4, 0.5) is 0 Å². The lowest BCUT2D eigenvalue weighted by Crippen LogP contribution is -2.47. The standard InChI is InChI=1S/C69H125N2O7P/c1-7-10-13-16-19-22-25-28-30-32-33-34-35-36-37-39-40-43-46-49-52-55-58-61-68(72)70-66(65-77-79(74,75)76-64-63-71(4,5)6)67(60-57-54-51-48-45-42-27-24-21-18-15-12-9-3)78-69(73)62-59-56-53-50-47-44-41-38-31-29-26-23-20-17-14-11-8-2/h19-20,22-23,28-31,33-34,41,44,57,60,66-67H,7-18,21,24-27,32,35-40,42-43,45-56,58-59,61-65H2,1-6H3,(H-,70,72,74,75)/p+1/b22-19-,23-20-,30-28-,31-29-,34-33-,44-41-,60-57-. The number of phosphoric ester groups is 1. The summed E-state index contributed by atoms with van der Waals surface area (Å²) in [6.45, 7) is 6.95. The summed E-state index contributed by atoms with van der Waals surface area (Å²) in [4.78, 5) is 37.8. The van der Waals surface area contributed by atoms with Gasteiger partial charge in [-0.3, -0.25) is 18.6 Å². The molecule has 0 aromatic rings. The maximum Gasteiger partial charge on any atom is 0.472 e. The molecule has 0 radical (unpaired) electrons. The number of hydrogen-bond acceptors (Lipinski definition) is 6. The van der Waals surface area contributed by atoms with Gasteiger partial charge in [-0.05, 0) is 109 Å². The van der Waals surface area contributed by atoms with E-state index in [-0.39, 0.29) is 31.5 Å². The third-order valence-electron chi connectivity index (χ3n) is 14.3. The Bertz CT molecular complexity index is 1630. The lowest BCUT2D eigenvalue weighted by atomic mass is 10.0. The third kappa shape index (κ3) is 59.6. The molecule has 0 rings (SSSR count). The molecule has 1 amide bonds. The number of nitrogens with one attached hydrogen (secondary N) is 1. The molecule has 0 bridgehead atoms. The van der Waals surface area contributed by atoms with Gasteiger partial charge >= 0.3 is 13.8 Å². The number of quaternary nitrogens is 1. The van der Waals surface area contributed by atoms with Crippen LogP contribution < -0.4 is 5.32 Å². The first kappa shape index (κ1) is 76.2. The van der Waals surface area contributed by atoms with Crippen LogP contribution in [0.15, 0.2) is 85.1 Å². The topological polar surface area (TPSA) is 111 Å². The van der Waals surface area contributed by atoms with Gasteiger partial charge in [-0.2, -0.15) is 0 Å². The Morgan fingerprint density at radius 1 is 0.443 bits per heavy atom. The monoisotopic (exact) mass is 1130 g/mol. The number of amides is 1. The maximum absolute atomic E-state index is 13.6. The van der Waals surface area contributed by atoms with E-state index in [9.17, 15) is 19.0 Å². The first-order valence-corrected chi connectivity index (χ1v) is 34.4. The molecule has 0 saturated carbocycles. The molecule has 0 saturated heterocycles. The maximum atomic E-state index is 13.6. The molecule has 79 heavy (non-hydrogen) atoms. The molecule has 3 atom stereocenters. The Morgan fingerprint density at radius 3 is 1.18 bits per heavy atom. The second kappa shape index (κ2) is 58.4. The highest BCUT2D eigenvalue weighted by molar-refractivity contribution is 7.47. The fourth-order valence-corrected chi connectivity index (χ4v) is 9.93. The minimum atomic E-state index is -4.46. The molecular formula is C69H126N2O7P+. The largest absolute Gasteiger partial charge is 0.472 e. The molecule has 10 heteroatoms. The fraction of sp³-hybridized carbons (Fsp3) is 0.768. The smallest absolute Gasteiger partial charge is 0.456 e. The zero-order valence-corrected chi connectivity index (χ0v) is 53.2. The normalized spacial score (nSPS) is 14.2. The minimum Gasteiger partial charge on any atom is -0.456 e.